The predicted octanol–water partition coefficient (Wildman–Crippen LogP) is 2.43. The predicted molar refractivity (Wildman–Crippen MR) is 70.1 cm³/mol. The third-order valence-electron chi connectivity index (χ3n) is 4.08. The van der Waals surface area contributed by atoms with Crippen molar-refractivity contribution in [3.05, 3.63) is 0 Å². The minimum absolute atomic E-state index is 0.0109. The van der Waals surface area contributed by atoms with Gasteiger partial charge in [0.15, 0.2) is 0 Å². The van der Waals surface area contributed by atoms with Crippen LogP contribution < -0.4 is 5.32 Å². The van der Waals surface area contributed by atoms with Gasteiger partial charge in [0.05, 0.1) is 11.8 Å². The molecule has 104 valence electrons. The Kier molecular flexibility index (Phi) is 4.77. The third kappa shape index (κ3) is 3.72. The molecule has 1 aliphatic carbocycles. The zero-order chi connectivity index (χ0) is 13.9. The lowest BCUT2D eigenvalue weighted by Crippen LogP contribution is -2.47. The summed E-state index contributed by atoms with van der Waals surface area (Å²) in [5.74, 6) is -1.80. The van der Waals surface area contributed by atoms with E-state index in [4.69, 9.17) is 0 Å². The number of hydrogen-bond acceptors (Lipinski definition) is 2. The van der Waals surface area contributed by atoms with Crippen molar-refractivity contribution in [1.29, 1.82) is 0 Å². The van der Waals surface area contributed by atoms with Crippen LogP contribution in [0.4, 0.5) is 0 Å². The molecule has 0 aromatic heterocycles. The van der Waals surface area contributed by atoms with Gasteiger partial charge in [-0.15, -0.1) is 0 Å². The van der Waals surface area contributed by atoms with Crippen LogP contribution in [0, 0.1) is 17.3 Å². The Bertz CT molecular complexity index is 319. The second kappa shape index (κ2) is 5.72. The van der Waals surface area contributed by atoms with Crippen molar-refractivity contribution in [1.82, 2.24) is 5.32 Å². The van der Waals surface area contributed by atoms with E-state index in [9.17, 15) is 14.7 Å². The Morgan fingerprint density at radius 2 is 1.67 bits per heavy atom. The Morgan fingerprint density at radius 3 is 2.11 bits per heavy atom. The lowest BCUT2D eigenvalue weighted by atomic mass is 9.78. The highest BCUT2D eigenvalue weighted by molar-refractivity contribution is 5.85. The van der Waals surface area contributed by atoms with E-state index in [2.05, 4.69) is 26.1 Å². The highest BCUT2D eigenvalue weighted by Crippen LogP contribution is 2.31. The van der Waals surface area contributed by atoms with E-state index in [1.165, 1.54) is 0 Å². The van der Waals surface area contributed by atoms with Crippen LogP contribution in [0.1, 0.15) is 53.4 Å². The summed E-state index contributed by atoms with van der Waals surface area (Å²) < 4.78 is 0. The average Bonchev–Trinajstić information content (AvgIpc) is 2.27. The monoisotopic (exact) mass is 255 g/mol. The molecule has 1 amide bonds. The first-order chi connectivity index (χ1) is 8.23. The fraction of sp³-hybridized carbons (Fsp3) is 0.857. The summed E-state index contributed by atoms with van der Waals surface area (Å²) in [6, 6.07) is 0.0429. The van der Waals surface area contributed by atoms with Crippen LogP contribution in [0.5, 0.6) is 0 Å². The Morgan fingerprint density at radius 1 is 1.17 bits per heavy atom. The van der Waals surface area contributed by atoms with Crippen LogP contribution in [0.15, 0.2) is 0 Å². The summed E-state index contributed by atoms with van der Waals surface area (Å²) in [6.07, 6.45) is 3.18. The van der Waals surface area contributed by atoms with Gasteiger partial charge in [-0.25, -0.2) is 0 Å². The van der Waals surface area contributed by atoms with Crippen molar-refractivity contribution < 1.29 is 14.7 Å². The van der Waals surface area contributed by atoms with Gasteiger partial charge in [-0.05, 0) is 25.2 Å². The van der Waals surface area contributed by atoms with Crippen LogP contribution in [-0.2, 0) is 9.59 Å². The molecular formula is C14H25NO3. The van der Waals surface area contributed by atoms with Gasteiger partial charge in [0.1, 0.15) is 0 Å². The quantitative estimate of drug-likeness (QED) is 0.814. The number of hydrogen-bond donors (Lipinski definition) is 2. The van der Waals surface area contributed by atoms with Crippen LogP contribution in [-0.4, -0.2) is 23.0 Å². The largest absolute Gasteiger partial charge is 0.481 e. The van der Waals surface area contributed by atoms with E-state index >= 15 is 0 Å². The molecule has 0 aliphatic heterocycles. The maximum atomic E-state index is 12.2. The molecule has 1 rings (SSSR count). The molecule has 0 spiro atoms. The van der Waals surface area contributed by atoms with Crippen molar-refractivity contribution in [2.75, 3.05) is 0 Å². The molecule has 0 bridgehead atoms. The number of aliphatic carboxylic acids is 1. The standard InChI is InChI=1S/C14H25NO3/c1-9(14(2,3)4)15-12(16)10-7-5-6-8-11(10)13(17)18/h9-11H,5-8H2,1-4H3,(H,15,16)(H,17,18)/t9?,10-,11+/m1/s1. The number of rotatable bonds is 3. The molecule has 2 N–H and O–H groups in total. The van der Waals surface area contributed by atoms with Gasteiger partial charge in [-0.3, -0.25) is 9.59 Å². The molecule has 1 saturated carbocycles. The van der Waals surface area contributed by atoms with E-state index < -0.39 is 11.9 Å². The van der Waals surface area contributed by atoms with Gasteiger partial charge < -0.3 is 10.4 Å². The van der Waals surface area contributed by atoms with Crippen molar-refractivity contribution in [2.24, 2.45) is 17.3 Å². The first-order valence-electron chi connectivity index (χ1n) is 6.76. The van der Waals surface area contributed by atoms with Crippen molar-refractivity contribution in [3.8, 4) is 0 Å². The smallest absolute Gasteiger partial charge is 0.307 e. The summed E-state index contributed by atoms with van der Waals surface area (Å²) in [4.78, 5) is 23.4. The van der Waals surface area contributed by atoms with Crippen molar-refractivity contribution >= 4 is 11.9 Å². The first-order valence-corrected chi connectivity index (χ1v) is 6.76. The maximum Gasteiger partial charge on any atom is 0.307 e. The average molecular weight is 255 g/mol. The SMILES string of the molecule is CC(NC(=O)[C@@H]1CCCC[C@@H]1C(=O)O)C(C)(C)C. The van der Waals surface area contributed by atoms with Gasteiger partial charge in [0, 0.05) is 6.04 Å². The molecule has 1 unspecified atom stereocenters. The molecule has 3 atom stereocenters. The van der Waals surface area contributed by atoms with E-state index in [-0.39, 0.29) is 23.3 Å². The molecule has 4 heteroatoms. The lowest BCUT2D eigenvalue weighted by Gasteiger charge is -2.32. The maximum absolute atomic E-state index is 12.2. The van der Waals surface area contributed by atoms with Gasteiger partial charge in [0.25, 0.3) is 0 Å². The minimum Gasteiger partial charge on any atom is -0.481 e. The van der Waals surface area contributed by atoms with Gasteiger partial charge >= 0.3 is 5.97 Å². The van der Waals surface area contributed by atoms with E-state index in [0.717, 1.165) is 12.8 Å². The Hall–Kier alpha value is -1.06. The highest BCUT2D eigenvalue weighted by atomic mass is 16.4. The van der Waals surface area contributed by atoms with Crippen LogP contribution in [0.2, 0.25) is 0 Å². The molecule has 0 heterocycles. The number of nitrogens with one attached hydrogen (secondary N) is 1. The first kappa shape index (κ1) is 15.0. The lowest BCUT2D eigenvalue weighted by molar-refractivity contribution is -0.149. The van der Waals surface area contributed by atoms with E-state index in [1.807, 2.05) is 6.92 Å². The number of carboxylic acids is 1. The summed E-state index contributed by atoms with van der Waals surface area (Å²) >= 11 is 0. The number of amides is 1. The second-order valence-electron chi connectivity index (χ2n) is 6.43. The molecule has 1 aliphatic rings. The van der Waals surface area contributed by atoms with E-state index in [0.29, 0.717) is 12.8 Å². The molecule has 0 saturated heterocycles. The number of carbonyl (C=O) groups excluding carboxylic acids is 1. The molecule has 18 heavy (non-hydrogen) atoms. The molecule has 0 radical (unpaired) electrons. The fourth-order valence-corrected chi connectivity index (χ4v) is 2.28. The van der Waals surface area contributed by atoms with Gasteiger partial charge in [-0.1, -0.05) is 33.6 Å². The summed E-state index contributed by atoms with van der Waals surface area (Å²) in [5, 5.41) is 12.1. The fourth-order valence-electron chi connectivity index (χ4n) is 2.28. The minimum atomic E-state index is -0.835. The van der Waals surface area contributed by atoms with Crippen LogP contribution >= 0.6 is 0 Å². The normalized spacial score (nSPS) is 26.4. The highest BCUT2D eigenvalue weighted by Gasteiger charge is 2.36. The van der Waals surface area contributed by atoms with Crippen LogP contribution in [0.3, 0.4) is 0 Å². The zero-order valence-electron chi connectivity index (χ0n) is 11.8. The summed E-state index contributed by atoms with van der Waals surface area (Å²) in [5.41, 5.74) is -0.0109. The topological polar surface area (TPSA) is 66.4 Å². The molecule has 1 fully saturated rings. The molecule has 0 aromatic carbocycles. The zero-order valence-corrected chi connectivity index (χ0v) is 11.8. The molecular weight excluding hydrogens is 230 g/mol. The van der Waals surface area contributed by atoms with Crippen molar-refractivity contribution in [3.63, 3.8) is 0 Å². The summed E-state index contributed by atoms with van der Waals surface area (Å²) in [6.45, 7) is 8.16. The number of carboxylic acid groups (broad SMARTS) is 1. The second-order valence-corrected chi connectivity index (χ2v) is 6.43. The van der Waals surface area contributed by atoms with E-state index in [1.54, 1.807) is 0 Å². The third-order valence-corrected chi connectivity index (χ3v) is 4.08. The Labute approximate surface area is 109 Å². The Balaban J connectivity index is 2.67. The summed E-state index contributed by atoms with van der Waals surface area (Å²) in [7, 11) is 0. The molecule has 0 aromatic rings. The van der Waals surface area contributed by atoms with Gasteiger partial charge in [0.2, 0.25) is 5.91 Å². The number of carbonyl (C=O) groups is 2. The van der Waals surface area contributed by atoms with Crippen LogP contribution in [0.25, 0.3) is 0 Å². The van der Waals surface area contributed by atoms with Gasteiger partial charge in [-0.2, -0.15) is 0 Å². The molecule has 4 nitrogen and oxygen atoms in total. The van der Waals surface area contributed by atoms with Crippen molar-refractivity contribution in [2.45, 2.75) is 59.4 Å².